The number of halogens is 1. The van der Waals surface area contributed by atoms with Crippen LogP contribution in [0.1, 0.15) is 0 Å². The molecule has 0 radical (unpaired) electrons. The van der Waals surface area contributed by atoms with E-state index in [9.17, 15) is 20.2 Å². The van der Waals surface area contributed by atoms with Crippen molar-refractivity contribution in [1.29, 1.82) is 0 Å². The summed E-state index contributed by atoms with van der Waals surface area (Å²) >= 11 is 3.10. The maximum Gasteiger partial charge on any atom is 0.410 e. The second kappa shape index (κ2) is 4.49. The van der Waals surface area contributed by atoms with Crippen molar-refractivity contribution in [3.05, 3.63) is 49.1 Å². The average molecular weight is 314 g/mol. The maximum absolute atomic E-state index is 10.9. The van der Waals surface area contributed by atoms with Crippen LogP contribution in [0.15, 0.2) is 28.9 Å². The summed E-state index contributed by atoms with van der Waals surface area (Å²) in [5.74, 6) is -0.479. The van der Waals surface area contributed by atoms with Gasteiger partial charge in [-0.3, -0.25) is 10.1 Å². The first-order valence-electron chi connectivity index (χ1n) is 4.50. The van der Waals surface area contributed by atoms with E-state index in [4.69, 9.17) is 0 Å². The third kappa shape index (κ3) is 2.18. The Morgan fingerprint density at radius 3 is 2.50 bits per heavy atom. The molecule has 0 amide bonds. The fourth-order valence-electron chi connectivity index (χ4n) is 1.27. The highest BCUT2D eigenvalue weighted by Crippen LogP contribution is 2.26. The van der Waals surface area contributed by atoms with Crippen LogP contribution in [0.3, 0.4) is 0 Å². The lowest BCUT2D eigenvalue weighted by Gasteiger charge is -1.98. The molecule has 1 aromatic heterocycles. The molecular weight excluding hydrogens is 310 g/mol. The molecule has 10 heteroatoms. The van der Waals surface area contributed by atoms with Gasteiger partial charge in [0.1, 0.15) is 0 Å². The van der Waals surface area contributed by atoms with Crippen molar-refractivity contribution >= 4 is 27.4 Å². The van der Waals surface area contributed by atoms with Gasteiger partial charge in [-0.2, -0.15) is 0 Å². The van der Waals surface area contributed by atoms with Crippen molar-refractivity contribution in [1.82, 2.24) is 15.0 Å². The van der Waals surface area contributed by atoms with Gasteiger partial charge in [0, 0.05) is 10.5 Å². The summed E-state index contributed by atoms with van der Waals surface area (Å²) in [7, 11) is 0. The molecule has 0 saturated heterocycles. The van der Waals surface area contributed by atoms with Gasteiger partial charge in [-0.15, -0.1) is 5.10 Å². The molecule has 1 heterocycles. The molecule has 0 fully saturated rings. The zero-order valence-corrected chi connectivity index (χ0v) is 10.1. The number of nitro benzene ring substituents is 1. The van der Waals surface area contributed by atoms with Crippen LogP contribution in [-0.4, -0.2) is 24.8 Å². The van der Waals surface area contributed by atoms with Gasteiger partial charge in [0.2, 0.25) is 0 Å². The number of benzene rings is 1. The normalized spacial score (nSPS) is 10.3. The lowest BCUT2D eigenvalue weighted by Crippen LogP contribution is -2.03. The number of aromatic nitrogens is 3. The van der Waals surface area contributed by atoms with Crippen LogP contribution in [0.5, 0.6) is 0 Å². The average Bonchev–Trinajstić information content (AvgIpc) is 2.78. The molecule has 0 unspecified atom stereocenters. The molecule has 18 heavy (non-hydrogen) atoms. The van der Waals surface area contributed by atoms with E-state index in [1.165, 1.54) is 12.1 Å². The molecule has 0 aliphatic carbocycles. The highest BCUT2D eigenvalue weighted by atomic mass is 79.9. The number of hydrogen-bond acceptors (Lipinski definition) is 6. The first kappa shape index (κ1) is 12.1. The minimum atomic E-state index is -0.728. The Hall–Kier alpha value is -2.36. The molecule has 0 N–H and O–H groups in total. The van der Waals surface area contributed by atoms with Crippen LogP contribution in [0.25, 0.3) is 5.69 Å². The lowest BCUT2D eigenvalue weighted by atomic mass is 10.3. The molecule has 0 aliphatic heterocycles. The quantitative estimate of drug-likeness (QED) is 0.630. The van der Waals surface area contributed by atoms with E-state index in [1.54, 1.807) is 6.07 Å². The monoisotopic (exact) mass is 313 g/mol. The van der Waals surface area contributed by atoms with Crippen molar-refractivity contribution in [2.24, 2.45) is 0 Å². The summed E-state index contributed by atoms with van der Waals surface area (Å²) in [5.41, 5.74) is -0.203. The van der Waals surface area contributed by atoms with Gasteiger partial charge in [-0.05, 0) is 21.9 Å². The fraction of sp³-hybridized carbons (Fsp3) is 0. The Morgan fingerprint density at radius 1 is 1.22 bits per heavy atom. The Morgan fingerprint density at radius 2 is 1.94 bits per heavy atom. The number of rotatable bonds is 3. The van der Waals surface area contributed by atoms with Crippen LogP contribution in [-0.2, 0) is 0 Å². The fourth-order valence-corrected chi connectivity index (χ4v) is 1.62. The third-order valence-electron chi connectivity index (χ3n) is 2.02. The van der Waals surface area contributed by atoms with Crippen LogP contribution in [0.4, 0.5) is 11.5 Å². The predicted molar refractivity (Wildman–Crippen MR) is 62.4 cm³/mol. The van der Waals surface area contributed by atoms with Crippen molar-refractivity contribution in [2.45, 2.75) is 0 Å². The van der Waals surface area contributed by atoms with E-state index in [1.807, 2.05) is 0 Å². The minimum Gasteiger partial charge on any atom is -0.358 e. The van der Waals surface area contributed by atoms with Gasteiger partial charge in [-0.25, -0.2) is 0 Å². The van der Waals surface area contributed by atoms with Crippen LogP contribution in [0.2, 0.25) is 0 Å². The summed E-state index contributed by atoms with van der Waals surface area (Å²) in [6, 6.07) is 4.22. The summed E-state index contributed by atoms with van der Waals surface area (Å²) in [6.45, 7) is 0. The molecule has 0 saturated carbocycles. The van der Waals surface area contributed by atoms with Crippen molar-refractivity contribution in [3.63, 3.8) is 0 Å². The lowest BCUT2D eigenvalue weighted by molar-refractivity contribution is -0.390. The van der Waals surface area contributed by atoms with E-state index < -0.39 is 15.7 Å². The maximum atomic E-state index is 10.9. The Labute approximate surface area is 107 Å². The van der Waals surface area contributed by atoms with E-state index >= 15 is 0 Å². The van der Waals surface area contributed by atoms with Crippen LogP contribution < -0.4 is 0 Å². The molecule has 9 nitrogen and oxygen atoms in total. The molecule has 92 valence electrons. The van der Waals surface area contributed by atoms with Gasteiger partial charge in [0.05, 0.1) is 10.0 Å². The topological polar surface area (TPSA) is 117 Å². The Balaban J connectivity index is 2.55. The number of nitro groups is 2. The van der Waals surface area contributed by atoms with Crippen molar-refractivity contribution in [2.75, 3.05) is 0 Å². The van der Waals surface area contributed by atoms with Gasteiger partial charge in [-0.1, -0.05) is 15.9 Å². The van der Waals surface area contributed by atoms with Gasteiger partial charge in [0.25, 0.3) is 5.69 Å². The first-order valence-corrected chi connectivity index (χ1v) is 5.29. The van der Waals surface area contributed by atoms with E-state index in [0.29, 0.717) is 4.47 Å². The second-order valence-corrected chi connectivity index (χ2v) is 4.06. The molecule has 0 spiro atoms. The van der Waals surface area contributed by atoms with Gasteiger partial charge in [0.15, 0.2) is 11.9 Å². The number of nitrogens with zero attached hydrogens (tertiary/aromatic N) is 5. The van der Waals surface area contributed by atoms with Crippen LogP contribution >= 0.6 is 15.9 Å². The van der Waals surface area contributed by atoms with Gasteiger partial charge >= 0.3 is 5.82 Å². The number of hydrogen-bond donors (Lipinski definition) is 0. The molecule has 0 bridgehead atoms. The highest BCUT2D eigenvalue weighted by Gasteiger charge is 2.22. The molecule has 1 aromatic carbocycles. The zero-order chi connectivity index (χ0) is 13.3. The minimum absolute atomic E-state index is 0.0521. The highest BCUT2D eigenvalue weighted by molar-refractivity contribution is 9.10. The van der Waals surface area contributed by atoms with Crippen LogP contribution in [0, 0.1) is 20.2 Å². The van der Waals surface area contributed by atoms with Gasteiger partial charge < -0.3 is 10.1 Å². The molecule has 0 atom stereocenters. The molecule has 2 rings (SSSR count). The summed E-state index contributed by atoms with van der Waals surface area (Å²) < 4.78 is 0.514. The Kier molecular flexibility index (Phi) is 3.02. The predicted octanol–water partition coefficient (Wildman–Crippen LogP) is 1.85. The largest absolute Gasteiger partial charge is 0.410 e. The van der Waals surface area contributed by atoms with Crippen molar-refractivity contribution < 1.29 is 9.85 Å². The SMILES string of the molecule is O=[N+]([O-])c1cnn(-c2ccc(Br)cc2[N+](=O)[O-])n1. The Bertz CT molecular complexity index is 640. The van der Waals surface area contributed by atoms with Crippen molar-refractivity contribution in [3.8, 4) is 5.69 Å². The summed E-state index contributed by atoms with van der Waals surface area (Å²) in [6.07, 6.45) is 0.922. The van der Waals surface area contributed by atoms with E-state index in [2.05, 4.69) is 26.1 Å². The van der Waals surface area contributed by atoms with E-state index in [-0.39, 0.29) is 11.4 Å². The second-order valence-electron chi connectivity index (χ2n) is 3.14. The molecular formula is C8H4BrN5O4. The zero-order valence-electron chi connectivity index (χ0n) is 8.56. The molecule has 0 aliphatic rings. The smallest absolute Gasteiger partial charge is 0.358 e. The summed E-state index contributed by atoms with van der Waals surface area (Å²) in [5, 5.41) is 28.5. The summed E-state index contributed by atoms with van der Waals surface area (Å²) in [4.78, 5) is 20.8. The third-order valence-corrected chi connectivity index (χ3v) is 2.51. The standard InChI is InChI=1S/C8H4BrN5O4/c9-5-1-2-6(7(3-5)13(15)16)12-10-4-8(11-12)14(17)18/h1-4H. The molecule has 2 aromatic rings. The van der Waals surface area contributed by atoms with E-state index in [0.717, 1.165) is 11.0 Å². The first-order chi connectivity index (χ1) is 8.49.